The first-order chi connectivity index (χ1) is 10.7. The number of carbonyl (C=O) groups is 1. The summed E-state index contributed by atoms with van der Waals surface area (Å²) in [6.07, 6.45) is 1.51. The lowest BCUT2D eigenvalue weighted by Gasteiger charge is -2.03. The number of piperidine rings is 1. The molecule has 2 fully saturated rings. The number of hydrogen-bond donors (Lipinski definition) is 2. The van der Waals surface area contributed by atoms with Gasteiger partial charge in [-0.2, -0.15) is 0 Å². The van der Waals surface area contributed by atoms with E-state index in [1.165, 1.54) is 18.3 Å². The molecule has 1 aliphatic carbocycles. The van der Waals surface area contributed by atoms with E-state index >= 15 is 0 Å². The largest absolute Gasteiger partial charge is 0.345 e. The second kappa shape index (κ2) is 5.40. The van der Waals surface area contributed by atoms with Gasteiger partial charge >= 0.3 is 0 Å². The number of halogens is 1. The maximum Gasteiger partial charge on any atom is 0.271 e. The van der Waals surface area contributed by atoms with Gasteiger partial charge in [0.2, 0.25) is 0 Å². The van der Waals surface area contributed by atoms with Crippen LogP contribution in [0.2, 0.25) is 0 Å². The standard InChI is InChI=1S/C15H15FN4OS/c16-10-2-1-3-18-11(10)6-19-14(21)12-7-22-15(20-12)13-8-4-17-5-9(8)13/h1-3,7-9,13,17H,4-6H2,(H,19,21)/t8-,9+,13+. The molecule has 2 N–H and O–H groups in total. The van der Waals surface area contributed by atoms with Crippen molar-refractivity contribution in [3.8, 4) is 0 Å². The molecule has 4 rings (SSSR count). The Morgan fingerprint density at radius 2 is 2.27 bits per heavy atom. The second-order valence-corrected chi connectivity index (χ2v) is 6.59. The molecule has 1 aliphatic heterocycles. The van der Waals surface area contributed by atoms with Crippen LogP contribution >= 0.6 is 11.3 Å². The lowest BCUT2D eigenvalue weighted by molar-refractivity contribution is 0.0945. The molecule has 0 spiro atoms. The summed E-state index contributed by atoms with van der Waals surface area (Å²) in [6, 6.07) is 2.85. The lowest BCUT2D eigenvalue weighted by atomic mass is 10.3. The van der Waals surface area contributed by atoms with Crippen LogP contribution in [-0.2, 0) is 6.54 Å². The fraction of sp³-hybridized carbons (Fsp3) is 0.400. The van der Waals surface area contributed by atoms with Crippen LogP contribution in [0.3, 0.4) is 0 Å². The fourth-order valence-corrected chi connectivity index (χ4v) is 4.18. The Labute approximate surface area is 131 Å². The molecule has 3 atom stereocenters. The Kier molecular flexibility index (Phi) is 3.38. The van der Waals surface area contributed by atoms with Crippen molar-refractivity contribution in [2.45, 2.75) is 12.5 Å². The first-order valence-electron chi connectivity index (χ1n) is 7.28. The number of amides is 1. The number of hydrogen-bond acceptors (Lipinski definition) is 5. The molecule has 3 heterocycles. The number of nitrogens with one attached hydrogen (secondary N) is 2. The third-order valence-corrected chi connectivity index (χ3v) is 5.33. The van der Waals surface area contributed by atoms with Crippen LogP contribution in [0.1, 0.15) is 27.1 Å². The molecule has 2 aromatic heterocycles. The van der Waals surface area contributed by atoms with E-state index in [0.717, 1.165) is 18.1 Å². The summed E-state index contributed by atoms with van der Waals surface area (Å²) >= 11 is 1.54. The highest BCUT2D eigenvalue weighted by Gasteiger charge is 2.55. The fourth-order valence-electron chi connectivity index (χ4n) is 3.13. The van der Waals surface area contributed by atoms with Crippen LogP contribution < -0.4 is 10.6 Å². The molecule has 2 aliphatic rings. The lowest BCUT2D eigenvalue weighted by Crippen LogP contribution is -2.24. The van der Waals surface area contributed by atoms with Gasteiger partial charge in [-0.05, 0) is 37.1 Å². The molecule has 0 bridgehead atoms. The van der Waals surface area contributed by atoms with Gasteiger partial charge in [0, 0.05) is 17.5 Å². The summed E-state index contributed by atoms with van der Waals surface area (Å²) in [6.45, 7) is 2.17. The van der Waals surface area contributed by atoms with Gasteiger partial charge in [0.1, 0.15) is 11.5 Å². The number of aromatic nitrogens is 2. The van der Waals surface area contributed by atoms with E-state index in [2.05, 4.69) is 20.6 Å². The van der Waals surface area contributed by atoms with Gasteiger partial charge < -0.3 is 10.6 Å². The highest BCUT2D eigenvalue weighted by Crippen LogP contribution is 2.56. The van der Waals surface area contributed by atoms with Crippen molar-refractivity contribution in [1.29, 1.82) is 0 Å². The molecular weight excluding hydrogens is 303 g/mol. The molecule has 1 amide bonds. The highest BCUT2D eigenvalue weighted by molar-refractivity contribution is 7.10. The van der Waals surface area contributed by atoms with E-state index in [9.17, 15) is 9.18 Å². The van der Waals surface area contributed by atoms with Gasteiger partial charge in [-0.15, -0.1) is 11.3 Å². The number of pyridine rings is 1. The first-order valence-corrected chi connectivity index (χ1v) is 8.16. The Hall–Kier alpha value is -1.86. The zero-order chi connectivity index (χ0) is 15.1. The second-order valence-electron chi connectivity index (χ2n) is 5.70. The zero-order valence-electron chi connectivity index (χ0n) is 11.8. The minimum Gasteiger partial charge on any atom is -0.345 e. The van der Waals surface area contributed by atoms with Gasteiger partial charge in [0.25, 0.3) is 5.91 Å². The van der Waals surface area contributed by atoms with Crippen LogP contribution in [0, 0.1) is 17.7 Å². The summed E-state index contributed by atoms with van der Waals surface area (Å²) in [5, 5.41) is 8.85. The molecule has 5 nitrogen and oxygen atoms in total. The number of rotatable bonds is 4. The third-order valence-electron chi connectivity index (χ3n) is 4.38. The number of carbonyl (C=O) groups excluding carboxylic acids is 1. The van der Waals surface area contributed by atoms with Gasteiger partial charge in [-0.1, -0.05) is 0 Å². The third kappa shape index (κ3) is 2.40. The Morgan fingerprint density at radius 3 is 3.05 bits per heavy atom. The van der Waals surface area contributed by atoms with E-state index in [0.29, 0.717) is 23.4 Å². The molecule has 7 heteroatoms. The van der Waals surface area contributed by atoms with Crippen molar-refractivity contribution in [3.63, 3.8) is 0 Å². The number of thiazole rings is 1. The topological polar surface area (TPSA) is 66.9 Å². The average molecular weight is 318 g/mol. The summed E-state index contributed by atoms with van der Waals surface area (Å²) in [7, 11) is 0. The smallest absolute Gasteiger partial charge is 0.271 e. The van der Waals surface area contributed by atoms with E-state index in [4.69, 9.17) is 0 Å². The Balaban J connectivity index is 1.39. The minimum atomic E-state index is -0.417. The van der Waals surface area contributed by atoms with Crippen LogP contribution in [0.4, 0.5) is 4.39 Å². The summed E-state index contributed by atoms with van der Waals surface area (Å²) in [5.41, 5.74) is 0.642. The van der Waals surface area contributed by atoms with Gasteiger partial charge in [0.05, 0.1) is 17.2 Å². The van der Waals surface area contributed by atoms with Gasteiger partial charge in [-0.25, -0.2) is 9.37 Å². The predicted molar refractivity (Wildman–Crippen MR) is 80.1 cm³/mol. The SMILES string of the molecule is O=C(NCc1ncccc1F)c1csc([C@H]2[C@@H]3CNC[C@@H]32)n1. The molecule has 1 saturated heterocycles. The summed E-state index contributed by atoms with van der Waals surface area (Å²) < 4.78 is 13.5. The molecular formula is C15H15FN4OS. The molecule has 0 unspecified atom stereocenters. The van der Waals surface area contributed by atoms with E-state index in [-0.39, 0.29) is 18.1 Å². The maximum absolute atomic E-state index is 13.5. The van der Waals surface area contributed by atoms with Crippen molar-refractivity contribution >= 4 is 17.2 Å². The normalized spacial score (nSPS) is 25.8. The summed E-state index contributed by atoms with van der Waals surface area (Å²) in [5.74, 6) is 1.19. The Bertz CT molecular complexity index is 709. The predicted octanol–water partition coefficient (Wildman–Crippen LogP) is 1.54. The zero-order valence-corrected chi connectivity index (χ0v) is 12.6. The number of nitrogens with zero attached hydrogens (tertiary/aromatic N) is 2. The molecule has 0 radical (unpaired) electrons. The van der Waals surface area contributed by atoms with Crippen LogP contribution in [-0.4, -0.2) is 29.0 Å². The van der Waals surface area contributed by atoms with Crippen LogP contribution in [0.25, 0.3) is 0 Å². The van der Waals surface area contributed by atoms with Crippen molar-refractivity contribution in [3.05, 3.63) is 45.9 Å². The van der Waals surface area contributed by atoms with Crippen molar-refractivity contribution in [1.82, 2.24) is 20.6 Å². The van der Waals surface area contributed by atoms with E-state index < -0.39 is 5.82 Å². The molecule has 1 saturated carbocycles. The molecule has 2 aromatic rings. The van der Waals surface area contributed by atoms with Crippen molar-refractivity contribution < 1.29 is 9.18 Å². The Morgan fingerprint density at radius 1 is 1.45 bits per heavy atom. The monoisotopic (exact) mass is 318 g/mol. The number of fused-ring (bicyclic) bond motifs is 1. The van der Waals surface area contributed by atoms with Crippen LogP contribution in [0.5, 0.6) is 0 Å². The van der Waals surface area contributed by atoms with Crippen LogP contribution in [0.15, 0.2) is 23.7 Å². The van der Waals surface area contributed by atoms with Gasteiger partial charge in [0.15, 0.2) is 0 Å². The highest BCUT2D eigenvalue weighted by atomic mass is 32.1. The van der Waals surface area contributed by atoms with E-state index in [1.807, 2.05) is 0 Å². The van der Waals surface area contributed by atoms with Crippen molar-refractivity contribution in [2.24, 2.45) is 11.8 Å². The van der Waals surface area contributed by atoms with Crippen molar-refractivity contribution in [2.75, 3.05) is 13.1 Å². The molecule has 22 heavy (non-hydrogen) atoms. The quantitative estimate of drug-likeness (QED) is 0.897. The first kappa shape index (κ1) is 13.8. The maximum atomic E-state index is 13.5. The average Bonchev–Trinajstić information content (AvgIpc) is 2.94. The molecule has 114 valence electrons. The van der Waals surface area contributed by atoms with Gasteiger partial charge in [-0.3, -0.25) is 9.78 Å². The van der Waals surface area contributed by atoms with E-state index in [1.54, 1.807) is 16.7 Å². The molecule has 0 aromatic carbocycles. The summed E-state index contributed by atoms with van der Waals surface area (Å²) in [4.78, 5) is 20.5. The minimum absolute atomic E-state index is 0.0664.